The van der Waals surface area contributed by atoms with Crippen molar-refractivity contribution in [1.29, 1.82) is 0 Å². The van der Waals surface area contributed by atoms with Gasteiger partial charge in [0.15, 0.2) is 6.29 Å². The molecule has 0 aromatic carbocycles. The third-order valence-corrected chi connectivity index (χ3v) is 6.78. The van der Waals surface area contributed by atoms with Crippen molar-refractivity contribution in [3.05, 3.63) is 0 Å². The molecule has 18 heteroatoms. The molecule has 1 rings (SSSR count). The summed E-state index contributed by atoms with van der Waals surface area (Å²) in [4.78, 5) is 23.9. The van der Waals surface area contributed by atoms with Gasteiger partial charge in [0.05, 0.1) is 63.5 Å². The predicted octanol–water partition coefficient (Wildman–Crippen LogP) is -5.24. The van der Waals surface area contributed by atoms with Crippen LogP contribution in [0.3, 0.4) is 0 Å². The zero-order valence-corrected chi connectivity index (χ0v) is 24.2. The van der Waals surface area contributed by atoms with Crippen LogP contribution in [0.4, 0.5) is 0 Å². The average Bonchev–Trinajstić information content (AvgIpc) is 2.97. The molecule has 11 atom stereocenters. The average molecular weight is 634 g/mol. The maximum absolute atomic E-state index is 12.2. The highest BCUT2D eigenvalue weighted by molar-refractivity contribution is 5.76. The molecule has 0 saturated carbocycles. The SMILES string of the molecule is COC(CO)C(OC(OCCO[C@]1(C(=O)O)C[C@@H](O)C(NC(C)=O)C(C[C@H](O)CO)O1)[C@@H](O)CO)C(O)[C@H](O)CCCO. The van der Waals surface area contributed by atoms with Crippen LogP contribution in [0.5, 0.6) is 0 Å². The summed E-state index contributed by atoms with van der Waals surface area (Å²) < 4.78 is 27.2. The molecule has 18 nitrogen and oxygen atoms in total. The second-order valence-corrected chi connectivity index (χ2v) is 10.1. The Morgan fingerprint density at radius 2 is 1.70 bits per heavy atom. The van der Waals surface area contributed by atoms with Crippen LogP contribution in [0.1, 0.15) is 32.6 Å². The first-order valence-electron chi connectivity index (χ1n) is 13.8. The Bertz CT molecular complexity index is 804. The summed E-state index contributed by atoms with van der Waals surface area (Å²) in [5.41, 5.74) is 0. The molecule has 0 radical (unpaired) electrons. The van der Waals surface area contributed by atoms with Gasteiger partial charge in [-0.3, -0.25) is 4.79 Å². The maximum atomic E-state index is 12.2. The molecule has 0 spiro atoms. The molecule has 0 aromatic rings. The zero-order valence-electron chi connectivity index (χ0n) is 24.2. The molecular weight excluding hydrogens is 586 g/mol. The van der Waals surface area contributed by atoms with Gasteiger partial charge in [-0.1, -0.05) is 0 Å². The lowest BCUT2D eigenvalue weighted by Gasteiger charge is -2.45. The Morgan fingerprint density at radius 1 is 1.02 bits per heavy atom. The summed E-state index contributed by atoms with van der Waals surface area (Å²) in [6, 6.07) is -1.14. The van der Waals surface area contributed by atoms with Gasteiger partial charge in [-0.2, -0.15) is 0 Å². The van der Waals surface area contributed by atoms with E-state index in [0.29, 0.717) is 0 Å². The fourth-order valence-electron chi connectivity index (χ4n) is 4.51. The molecule has 11 N–H and O–H groups in total. The van der Waals surface area contributed by atoms with Crippen LogP contribution in [-0.4, -0.2) is 177 Å². The number of carboxylic acids is 1. The number of rotatable bonds is 22. The molecule has 43 heavy (non-hydrogen) atoms. The number of methoxy groups -OCH3 is 1. The summed E-state index contributed by atoms with van der Waals surface area (Å²) in [5, 5.41) is 102. The van der Waals surface area contributed by atoms with Gasteiger partial charge in [0, 0.05) is 33.5 Å². The lowest BCUT2D eigenvalue weighted by Crippen LogP contribution is -2.64. The number of nitrogens with one attached hydrogen (secondary N) is 1. The molecule has 1 amide bonds. The number of carbonyl (C=O) groups is 2. The highest BCUT2D eigenvalue weighted by Gasteiger charge is 2.53. The van der Waals surface area contributed by atoms with Crippen molar-refractivity contribution in [2.45, 2.75) is 99.6 Å². The molecular formula is C25H47NO17. The van der Waals surface area contributed by atoms with E-state index in [0.717, 1.165) is 6.92 Å². The van der Waals surface area contributed by atoms with Crippen molar-refractivity contribution in [3.8, 4) is 0 Å². The summed E-state index contributed by atoms with van der Waals surface area (Å²) in [7, 11) is 1.18. The number of aliphatic hydroxyl groups is 9. The normalized spacial score (nSPS) is 27.5. The van der Waals surface area contributed by atoms with Crippen LogP contribution in [0.15, 0.2) is 0 Å². The Hall–Kier alpha value is -1.62. The quantitative estimate of drug-likeness (QED) is 0.0392. The van der Waals surface area contributed by atoms with Crippen molar-refractivity contribution < 1.29 is 84.3 Å². The van der Waals surface area contributed by atoms with Crippen LogP contribution in [-0.2, 0) is 33.3 Å². The standard InChI is InChI=1S/C25H47NO17/c1-13(31)26-20-16(34)9-25(24(37)38,43-18(20)8-14(32)10-28)41-7-6-40-23(17(35)11-29)42-22(19(12-30)39-2)21(36)15(33)4-3-5-27/h14-23,27-30,32-36H,3-12H2,1-2H3,(H,26,31)(H,37,38)/t14-,15+,16+,17-,18?,19?,20?,21?,22?,23?,25+/m0/s1. The van der Waals surface area contributed by atoms with E-state index in [1.165, 1.54) is 7.11 Å². The lowest BCUT2D eigenvalue weighted by atomic mass is 9.90. The van der Waals surface area contributed by atoms with Gasteiger partial charge >= 0.3 is 5.97 Å². The summed E-state index contributed by atoms with van der Waals surface area (Å²) >= 11 is 0. The molecule has 254 valence electrons. The monoisotopic (exact) mass is 633 g/mol. The molecule has 1 aliphatic heterocycles. The van der Waals surface area contributed by atoms with Gasteiger partial charge < -0.3 is 80.1 Å². The molecule has 0 aliphatic carbocycles. The summed E-state index contributed by atoms with van der Waals surface area (Å²) in [6.45, 7) is -2.51. The smallest absolute Gasteiger partial charge is 0.364 e. The van der Waals surface area contributed by atoms with E-state index >= 15 is 0 Å². The largest absolute Gasteiger partial charge is 0.477 e. The Balaban J connectivity index is 3.06. The van der Waals surface area contributed by atoms with E-state index in [2.05, 4.69) is 5.32 Å². The van der Waals surface area contributed by atoms with Crippen molar-refractivity contribution >= 4 is 11.9 Å². The number of carbonyl (C=O) groups excluding carboxylic acids is 1. The fraction of sp³-hybridized carbons (Fsp3) is 0.920. The van der Waals surface area contributed by atoms with E-state index in [1.807, 2.05) is 0 Å². The first-order valence-corrected chi connectivity index (χ1v) is 13.8. The van der Waals surface area contributed by atoms with Gasteiger partial charge in [0.1, 0.15) is 24.4 Å². The van der Waals surface area contributed by atoms with E-state index in [4.69, 9.17) is 28.8 Å². The summed E-state index contributed by atoms with van der Waals surface area (Å²) in [6.07, 6.45) is -14.5. The first-order chi connectivity index (χ1) is 20.3. The van der Waals surface area contributed by atoms with Gasteiger partial charge in [-0.25, -0.2) is 4.79 Å². The third kappa shape index (κ3) is 12.0. The minimum absolute atomic E-state index is 0.0520. The highest BCUT2D eigenvalue weighted by Crippen LogP contribution is 2.33. The Labute approximate surface area is 248 Å². The number of ether oxygens (including phenoxy) is 5. The summed E-state index contributed by atoms with van der Waals surface area (Å²) in [5.74, 6) is -4.72. The zero-order chi connectivity index (χ0) is 32.7. The third-order valence-electron chi connectivity index (χ3n) is 6.78. The molecule has 1 fully saturated rings. The van der Waals surface area contributed by atoms with Crippen LogP contribution >= 0.6 is 0 Å². The molecule has 1 aliphatic rings. The molecule has 1 saturated heterocycles. The Kier molecular flexibility index (Phi) is 18.1. The predicted molar refractivity (Wildman–Crippen MR) is 141 cm³/mol. The van der Waals surface area contributed by atoms with E-state index in [-0.39, 0.29) is 25.9 Å². The number of hydrogen-bond donors (Lipinski definition) is 11. The van der Waals surface area contributed by atoms with E-state index in [9.17, 15) is 55.5 Å². The second-order valence-electron chi connectivity index (χ2n) is 10.1. The van der Waals surface area contributed by atoms with Crippen LogP contribution in [0.2, 0.25) is 0 Å². The van der Waals surface area contributed by atoms with Crippen LogP contribution in [0, 0.1) is 0 Å². The van der Waals surface area contributed by atoms with Crippen LogP contribution in [0.25, 0.3) is 0 Å². The van der Waals surface area contributed by atoms with Gasteiger partial charge in [0.2, 0.25) is 5.91 Å². The van der Waals surface area contributed by atoms with Crippen LogP contribution < -0.4 is 5.32 Å². The number of hydrogen-bond acceptors (Lipinski definition) is 16. The Morgan fingerprint density at radius 3 is 2.21 bits per heavy atom. The highest BCUT2D eigenvalue weighted by atomic mass is 16.7. The molecule has 6 unspecified atom stereocenters. The van der Waals surface area contributed by atoms with Crippen molar-refractivity contribution in [2.75, 3.05) is 46.8 Å². The molecule has 0 aromatic heterocycles. The maximum Gasteiger partial charge on any atom is 0.364 e. The number of carboxylic acid groups (broad SMARTS) is 1. The topological polar surface area (TPSA) is 295 Å². The van der Waals surface area contributed by atoms with Crippen molar-refractivity contribution in [3.63, 3.8) is 0 Å². The first kappa shape index (κ1) is 39.4. The number of amides is 1. The number of aliphatic hydroxyl groups excluding tert-OH is 9. The number of aliphatic carboxylic acids is 1. The lowest BCUT2D eigenvalue weighted by molar-refractivity contribution is -0.307. The van der Waals surface area contributed by atoms with Gasteiger partial charge in [-0.15, -0.1) is 0 Å². The minimum Gasteiger partial charge on any atom is -0.477 e. The fourth-order valence-corrected chi connectivity index (χ4v) is 4.51. The van der Waals surface area contributed by atoms with Gasteiger partial charge in [-0.05, 0) is 12.8 Å². The molecule has 1 heterocycles. The van der Waals surface area contributed by atoms with Crippen molar-refractivity contribution in [1.82, 2.24) is 5.32 Å². The second kappa shape index (κ2) is 19.7. The van der Waals surface area contributed by atoms with E-state index in [1.54, 1.807) is 0 Å². The van der Waals surface area contributed by atoms with Crippen molar-refractivity contribution in [2.24, 2.45) is 0 Å². The molecule has 0 bridgehead atoms. The minimum atomic E-state index is -2.49. The van der Waals surface area contributed by atoms with E-state index < -0.39 is 118 Å². The van der Waals surface area contributed by atoms with Gasteiger partial charge in [0.25, 0.3) is 5.79 Å².